The van der Waals surface area contributed by atoms with E-state index in [1.54, 1.807) is 0 Å². The first kappa shape index (κ1) is 9.90. The minimum absolute atomic E-state index is 0.461. The van der Waals surface area contributed by atoms with Crippen LogP contribution in [0.1, 0.15) is 23.5 Å². The Labute approximate surface area is 102 Å². The maximum atomic E-state index is 4.03. The maximum Gasteiger partial charge on any atom is 0.0525 e. The number of benzene rings is 1. The zero-order valence-corrected chi connectivity index (χ0v) is 10.3. The fourth-order valence-corrected chi connectivity index (χ4v) is 2.65. The van der Waals surface area contributed by atoms with Gasteiger partial charge in [0.2, 0.25) is 0 Å². The van der Waals surface area contributed by atoms with Gasteiger partial charge >= 0.3 is 0 Å². The lowest BCUT2D eigenvalue weighted by Crippen LogP contribution is -2.17. The van der Waals surface area contributed by atoms with Crippen LogP contribution in [0.3, 0.4) is 0 Å². The maximum absolute atomic E-state index is 4.03. The molecule has 1 aliphatic heterocycles. The van der Waals surface area contributed by atoms with Crippen molar-refractivity contribution in [2.75, 3.05) is 11.9 Å². The molecule has 1 aromatic heterocycles. The number of aromatic amines is 1. The minimum atomic E-state index is 0.461. The van der Waals surface area contributed by atoms with Crippen LogP contribution in [0.5, 0.6) is 0 Å². The molecule has 0 saturated heterocycles. The van der Waals surface area contributed by atoms with Crippen molar-refractivity contribution in [1.29, 1.82) is 0 Å². The van der Waals surface area contributed by atoms with Gasteiger partial charge in [-0.3, -0.25) is 5.10 Å². The highest BCUT2D eigenvalue weighted by Crippen LogP contribution is 2.37. The Hall–Kier alpha value is -1.29. The lowest BCUT2D eigenvalue weighted by Gasteiger charge is -2.26. The van der Waals surface area contributed by atoms with E-state index in [9.17, 15) is 0 Å². The predicted molar refractivity (Wildman–Crippen MR) is 67.7 cm³/mol. The van der Waals surface area contributed by atoms with Crippen LogP contribution in [0.25, 0.3) is 0 Å². The molecule has 0 fully saturated rings. The predicted octanol–water partition coefficient (Wildman–Crippen LogP) is 3.12. The topological polar surface area (TPSA) is 40.7 Å². The fraction of sp³-hybridized carbons (Fsp3) is 0.250. The molecule has 4 heteroatoms. The van der Waals surface area contributed by atoms with Gasteiger partial charge in [0, 0.05) is 28.8 Å². The lowest BCUT2D eigenvalue weighted by molar-refractivity contribution is 0.720. The molecule has 0 spiro atoms. The second-order valence-electron chi connectivity index (χ2n) is 4.03. The molecule has 0 aliphatic carbocycles. The molecule has 3 nitrogen and oxygen atoms in total. The summed E-state index contributed by atoms with van der Waals surface area (Å²) >= 11 is 3.50. The highest BCUT2D eigenvalue weighted by Gasteiger charge is 2.22. The summed E-state index contributed by atoms with van der Waals surface area (Å²) in [5, 5.41) is 10.4. The molecule has 16 heavy (non-hydrogen) atoms. The molecule has 1 aromatic carbocycles. The van der Waals surface area contributed by atoms with E-state index in [0.717, 1.165) is 17.4 Å². The Balaban J connectivity index is 2.06. The number of hydrogen-bond acceptors (Lipinski definition) is 2. The third kappa shape index (κ3) is 1.63. The quantitative estimate of drug-likeness (QED) is 0.841. The van der Waals surface area contributed by atoms with Crippen LogP contribution in [0.15, 0.2) is 35.1 Å². The van der Waals surface area contributed by atoms with Crippen molar-refractivity contribution in [2.45, 2.75) is 12.3 Å². The normalized spacial score (nSPS) is 18.9. The fourth-order valence-electron chi connectivity index (χ4n) is 2.29. The van der Waals surface area contributed by atoms with Gasteiger partial charge in [-0.05, 0) is 29.7 Å². The molecule has 0 radical (unpaired) electrons. The van der Waals surface area contributed by atoms with E-state index in [4.69, 9.17) is 0 Å². The number of fused-ring (bicyclic) bond motifs is 1. The highest BCUT2D eigenvalue weighted by molar-refractivity contribution is 9.10. The van der Waals surface area contributed by atoms with E-state index in [2.05, 4.69) is 49.6 Å². The molecule has 1 aliphatic rings. The standard InChI is InChI=1S/C12H12BrN3/c13-9-1-2-11-10(8-6-15-16-7-8)3-4-14-12(11)5-9/h1-2,5-7,10,14H,3-4H2,(H,15,16). The number of H-pyrrole nitrogens is 1. The van der Waals surface area contributed by atoms with Crippen LogP contribution in [-0.4, -0.2) is 16.7 Å². The molecule has 1 atom stereocenters. The van der Waals surface area contributed by atoms with Gasteiger partial charge in [0.1, 0.15) is 0 Å². The van der Waals surface area contributed by atoms with Crippen LogP contribution < -0.4 is 5.32 Å². The third-order valence-corrected chi connectivity index (χ3v) is 3.55. The van der Waals surface area contributed by atoms with Crippen molar-refractivity contribution >= 4 is 21.6 Å². The zero-order chi connectivity index (χ0) is 11.0. The van der Waals surface area contributed by atoms with Crippen LogP contribution >= 0.6 is 15.9 Å². The van der Waals surface area contributed by atoms with Gasteiger partial charge in [0.25, 0.3) is 0 Å². The van der Waals surface area contributed by atoms with Crippen molar-refractivity contribution in [2.24, 2.45) is 0 Å². The van der Waals surface area contributed by atoms with Crippen molar-refractivity contribution in [3.05, 3.63) is 46.2 Å². The molecule has 0 amide bonds. The van der Waals surface area contributed by atoms with Crippen LogP contribution in [0, 0.1) is 0 Å². The number of halogens is 1. The summed E-state index contributed by atoms with van der Waals surface area (Å²) in [6, 6.07) is 6.42. The van der Waals surface area contributed by atoms with Gasteiger partial charge < -0.3 is 5.32 Å². The van der Waals surface area contributed by atoms with E-state index in [1.807, 2.05) is 12.4 Å². The number of hydrogen-bond donors (Lipinski definition) is 2. The van der Waals surface area contributed by atoms with Gasteiger partial charge in [0.15, 0.2) is 0 Å². The van der Waals surface area contributed by atoms with Gasteiger partial charge in [0.05, 0.1) is 6.20 Å². The SMILES string of the molecule is Brc1ccc2c(c1)NCCC2c1cn[nH]c1. The summed E-state index contributed by atoms with van der Waals surface area (Å²) in [4.78, 5) is 0. The summed E-state index contributed by atoms with van der Waals surface area (Å²) < 4.78 is 1.12. The average molecular weight is 278 g/mol. The number of nitrogens with one attached hydrogen (secondary N) is 2. The molecule has 3 rings (SSSR count). The average Bonchev–Trinajstić information content (AvgIpc) is 2.81. The molecule has 0 saturated carbocycles. The lowest BCUT2D eigenvalue weighted by atomic mass is 9.87. The molecule has 1 unspecified atom stereocenters. The van der Waals surface area contributed by atoms with E-state index >= 15 is 0 Å². The summed E-state index contributed by atoms with van der Waals surface area (Å²) in [7, 11) is 0. The van der Waals surface area contributed by atoms with Crippen molar-refractivity contribution < 1.29 is 0 Å². The van der Waals surface area contributed by atoms with Gasteiger partial charge in [-0.2, -0.15) is 5.10 Å². The van der Waals surface area contributed by atoms with E-state index < -0.39 is 0 Å². The highest BCUT2D eigenvalue weighted by atomic mass is 79.9. The Morgan fingerprint density at radius 2 is 2.31 bits per heavy atom. The zero-order valence-electron chi connectivity index (χ0n) is 8.70. The molecule has 2 heterocycles. The van der Waals surface area contributed by atoms with Gasteiger partial charge in [-0.1, -0.05) is 22.0 Å². The number of anilines is 1. The van der Waals surface area contributed by atoms with Crippen LogP contribution in [0.4, 0.5) is 5.69 Å². The van der Waals surface area contributed by atoms with Gasteiger partial charge in [-0.25, -0.2) is 0 Å². The first-order valence-electron chi connectivity index (χ1n) is 5.36. The molecular formula is C12H12BrN3. The molecule has 2 N–H and O–H groups in total. The summed E-state index contributed by atoms with van der Waals surface area (Å²) in [6.45, 7) is 1.01. The minimum Gasteiger partial charge on any atom is -0.385 e. The number of nitrogens with zero attached hydrogens (tertiary/aromatic N) is 1. The molecular weight excluding hydrogens is 266 g/mol. The Morgan fingerprint density at radius 1 is 1.38 bits per heavy atom. The monoisotopic (exact) mass is 277 g/mol. The summed E-state index contributed by atoms with van der Waals surface area (Å²) in [5.41, 5.74) is 3.85. The van der Waals surface area contributed by atoms with Crippen molar-refractivity contribution in [3.63, 3.8) is 0 Å². The largest absolute Gasteiger partial charge is 0.385 e. The molecule has 2 aromatic rings. The molecule has 82 valence electrons. The van der Waals surface area contributed by atoms with Crippen molar-refractivity contribution in [1.82, 2.24) is 10.2 Å². The van der Waals surface area contributed by atoms with E-state index in [1.165, 1.54) is 16.8 Å². The smallest absolute Gasteiger partial charge is 0.0525 e. The Morgan fingerprint density at radius 3 is 3.12 bits per heavy atom. The van der Waals surface area contributed by atoms with Crippen molar-refractivity contribution in [3.8, 4) is 0 Å². The van der Waals surface area contributed by atoms with Crippen LogP contribution in [-0.2, 0) is 0 Å². The number of aromatic nitrogens is 2. The van der Waals surface area contributed by atoms with E-state index in [0.29, 0.717) is 5.92 Å². The molecule has 0 bridgehead atoms. The third-order valence-electron chi connectivity index (χ3n) is 3.06. The van der Waals surface area contributed by atoms with Crippen LogP contribution in [0.2, 0.25) is 0 Å². The van der Waals surface area contributed by atoms with Gasteiger partial charge in [-0.15, -0.1) is 0 Å². The second kappa shape index (κ2) is 3.94. The first-order chi connectivity index (χ1) is 7.84. The van der Waals surface area contributed by atoms with E-state index in [-0.39, 0.29) is 0 Å². The summed E-state index contributed by atoms with van der Waals surface area (Å²) in [6.07, 6.45) is 5.03. The Bertz CT molecular complexity index is 493. The first-order valence-corrected chi connectivity index (χ1v) is 6.16. The Kier molecular flexibility index (Phi) is 2.44. The second-order valence-corrected chi connectivity index (χ2v) is 4.95. The number of rotatable bonds is 1. The summed E-state index contributed by atoms with van der Waals surface area (Å²) in [5.74, 6) is 0.461.